The fraction of sp³-hybridized carbons (Fsp3) is 0.750. The largest absolute Gasteiger partial charge is 0.444 e. The number of amides is 2. The molecule has 0 aliphatic carbocycles. The molecular formula is C20H31Cl4N3O3S. The van der Waals surface area contributed by atoms with Gasteiger partial charge in [-0.25, -0.2) is 9.78 Å². The number of hydrogen-bond acceptors (Lipinski definition) is 5. The van der Waals surface area contributed by atoms with Crippen molar-refractivity contribution in [3.63, 3.8) is 0 Å². The number of thiazole rings is 1. The Morgan fingerprint density at radius 3 is 2.13 bits per heavy atom. The second kappa shape index (κ2) is 12.7. The summed E-state index contributed by atoms with van der Waals surface area (Å²) in [5.41, 5.74) is -0.703. The van der Waals surface area contributed by atoms with E-state index >= 15 is 0 Å². The van der Waals surface area contributed by atoms with Gasteiger partial charge in [0.2, 0.25) is 5.91 Å². The van der Waals surface area contributed by atoms with Crippen molar-refractivity contribution in [2.45, 2.75) is 74.8 Å². The Morgan fingerprint density at radius 2 is 1.68 bits per heavy atom. The van der Waals surface area contributed by atoms with Crippen molar-refractivity contribution in [1.29, 1.82) is 0 Å². The van der Waals surface area contributed by atoms with Gasteiger partial charge in [0.25, 0.3) is 0 Å². The smallest absolute Gasteiger partial charge is 0.408 e. The molecule has 0 spiro atoms. The van der Waals surface area contributed by atoms with Gasteiger partial charge in [-0.3, -0.25) is 4.79 Å². The first-order chi connectivity index (χ1) is 14.2. The second-order valence-corrected chi connectivity index (χ2v) is 11.9. The van der Waals surface area contributed by atoms with E-state index in [9.17, 15) is 9.59 Å². The summed E-state index contributed by atoms with van der Waals surface area (Å²) in [5, 5.41) is 5.28. The maximum absolute atomic E-state index is 13.5. The van der Waals surface area contributed by atoms with Crippen molar-refractivity contribution in [1.82, 2.24) is 15.2 Å². The molecule has 0 fully saturated rings. The molecule has 0 aliphatic heterocycles. The van der Waals surface area contributed by atoms with E-state index in [0.29, 0.717) is 6.42 Å². The third-order valence-electron chi connectivity index (χ3n) is 4.60. The number of alkyl halides is 4. The molecule has 1 heterocycles. The molecule has 1 aromatic heterocycles. The van der Waals surface area contributed by atoms with Crippen LogP contribution in [0.5, 0.6) is 0 Å². The number of ether oxygens (including phenoxy) is 1. The number of rotatable bonds is 10. The Kier molecular flexibility index (Phi) is 11.7. The predicted octanol–water partition coefficient (Wildman–Crippen LogP) is 6.20. The third kappa shape index (κ3) is 9.91. The highest BCUT2D eigenvalue weighted by atomic mass is 35.5. The van der Waals surface area contributed by atoms with E-state index in [1.54, 1.807) is 38.9 Å². The summed E-state index contributed by atoms with van der Waals surface area (Å²) in [7, 11) is 1.67. The quantitative estimate of drug-likeness (QED) is 0.363. The molecule has 0 saturated carbocycles. The average Bonchev–Trinajstić information content (AvgIpc) is 3.16. The molecule has 178 valence electrons. The maximum Gasteiger partial charge on any atom is 0.408 e. The van der Waals surface area contributed by atoms with Crippen molar-refractivity contribution in [2.75, 3.05) is 7.05 Å². The number of carbonyl (C=O) groups is 2. The van der Waals surface area contributed by atoms with E-state index < -0.39 is 27.4 Å². The molecule has 0 aliphatic rings. The lowest BCUT2D eigenvalue weighted by molar-refractivity contribution is -0.135. The summed E-state index contributed by atoms with van der Waals surface area (Å²) in [6.07, 6.45) is 1.75. The number of carbonyl (C=O) groups excluding carboxylic acids is 2. The van der Waals surface area contributed by atoms with Gasteiger partial charge in [-0.1, -0.05) is 13.8 Å². The number of hydrogen-bond donors (Lipinski definition) is 1. The molecule has 0 unspecified atom stereocenters. The van der Waals surface area contributed by atoms with E-state index in [2.05, 4.69) is 10.3 Å². The van der Waals surface area contributed by atoms with E-state index in [0.717, 1.165) is 5.01 Å². The van der Waals surface area contributed by atoms with Gasteiger partial charge in [0.15, 0.2) is 0 Å². The SMILES string of the molecule is C[C@@H](C[C@H](NC(=O)OC(C)(C)C)C(=O)N(C)[C@@H](C[C@H](C)C(Cl)Cl)c1nccs1)C(Cl)Cl. The molecule has 6 nitrogen and oxygen atoms in total. The second-order valence-electron chi connectivity index (χ2n) is 8.63. The Labute approximate surface area is 208 Å². The van der Waals surface area contributed by atoms with E-state index in [4.69, 9.17) is 51.1 Å². The van der Waals surface area contributed by atoms with Gasteiger partial charge in [0, 0.05) is 18.6 Å². The lowest BCUT2D eigenvalue weighted by atomic mass is 9.99. The number of likely N-dealkylation sites (N-methyl/N-ethyl adjacent to an activating group) is 1. The van der Waals surface area contributed by atoms with Crippen molar-refractivity contribution in [3.05, 3.63) is 16.6 Å². The van der Waals surface area contributed by atoms with Crippen LogP contribution in [0.25, 0.3) is 0 Å². The first kappa shape index (κ1) is 28.6. The first-order valence-corrected chi connectivity index (χ1v) is 12.6. The van der Waals surface area contributed by atoms with Crippen LogP contribution in [0, 0.1) is 11.8 Å². The number of alkyl carbamates (subject to hydrolysis) is 1. The van der Waals surface area contributed by atoms with Crippen LogP contribution in [-0.4, -0.2) is 50.2 Å². The van der Waals surface area contributed by atoms with Crippen LogP contribution in [0.4, 0.5) is 4.79 Å². The molecule has 4 atom stereocenters. The highest BCUT2D eigenvalue weighted by molar-refractivity contribution is 7.09. The van der Waals surface area contributed by atoms with Gasteiger partial charge >= 0.3 is 6.09 Å². The van der Waals surface area contributed by atoms with Gasteiger partial charge in [-0.05, 0) is 45.4 Å². The van der Waals surface area contributed by atoms with Gasteiger partial charge in [-0.15, -0.1) is 57.7 Å². The molecule has 0 aromatic carbocycles. The zero-order chi connectivity index (χ0) is 23.9. The van der Waals surface area contributed by atoms with Crippen molar-refractivity contribution in [3.8, 4) is 0 Å². The predicted molar refractivity (Wildman–Crippen MR) is 129 cm³/mol. The molecule has 1 N–H and O–H groups in total. The molecule has 1 rings (SSSR count). The summed E-state index contributed by atoms with van der Waals surface area (Å²) in [4.78, 5) is 30.5. The van der Waals surface area contributed by atoms with Gasteiger partial charge in [0.05, 0.1) is 6.04 Å². The lowest BCUT2D eigenvalue weighted by Crippen LogP contribution is -2.50. The van der Waals surface area contributed by atoms with E-state index in [1.807, 2.05) is 19.2 Å². The minimum Gasteiger partial charge on any atom is -0.444 e. The monoisotopic (exact) mass is 533 g/mol. The fourth-order valence-corrected chi connectivity index (χ4v) is 4.03. The van der Waals surface area contributed by atoms with Crippen LogP contribution in [-0.2, 0) is 9.53 Å². The van der Waals surface area contributed by atoms with E-state index in [1.165, 1.54) is 11.3 Å². The summed E-state index contributed by atoms with van der Waals surface area (Å²) >= 11 is 25.6. The zero-order valence-corrected chi connectivity index (χ0v) is 22.4. The maximum atomic E-state index is 13.5. The van der Waals surface area contributed by atoms with Crippen LogP contribution in [0.3, 0.4) is 0 Å². The normalized spacial score (nSPS) is 16.0. The average molecular weight is 535 g/mol. The summed E-state index contributed by atoms with van der Waals surface area (Å²) in [5.74, 6) is -0.633. The van der Waals surface area contributed by atoms with Gasteiger partial charge < -0.3 is 15.0 Å². The minimum absolute atomic E-state index is 0.0845. The van der Waals surface area contributed by atoms with Crippen LogP contribution in [0.2, 0.25) is 0 Å². The summed E-state index contributed by atoms with van der Waals surface area (Å²) in [6.45, 7) is 8.97. The highest BCUT2D eigenvalue weighted by Gasteiger charge is 2.34. The van der Waals surface area contributed by atoms with E-state index in [-0.39, 0.29) is 30.2 Å². The van der Waals surface area contributed by atoms with Gasteiger partial charge in [0.1, 0.15) is 26.3 Å². The van der Waals surface area contributed by atoms with Crippen molar-refractivity contribution >= 4 is 69.7 Å². The number of halogens is 4. The molecule has 31 heavy (non-hydrogen) atoms. The fourth-order valence-electron chi connectivity index (χ4n) is 2.82. The number of aromatic nitrogens is 1. The Hall–Kier alpha value is -0.470. The molecule has 0 bridgehead atoms. The summed E-state index contributed by atoms with van der Waals surface area (Å²) in [6, 6.07) is -1.24. The molecular weight excluding hydrogens is 504 g/mol. The minimum atomic E-state index is -0.879. The number of nitrogens with one attached hydrogen (secondary N) is 1. The zero-order valence-electron chi connectivity index (χ0n) is 18.6. The Bertz CT molecular complexity index is 698. The van der Waals surface area contributed by atoms with Crippen LogP contribution < -0.4 is 5.32 Å². The molecule has 1 aromatic rings. The Morgan fingerprint density at radius 1 is 1.13 bits per heavy atom. The standard InChI is InChI=1S/C20H31Cl4N3O3S/c1-11(15(21)22)9-13(26-19(29)30-20(3,4)5)18(28)27(6)14(10-12(2)16(23)24)17-25-7-8-31-17/h7-8,11-16H,9-10H2,1-6H3,(H,26,29)/t11-,12-,13-,14-/m0/s1. The van der Waals surface area contributed by atoms with Crippen molar-refractivity contribution < 1.29 is 14.3 Å². The molecule has 0 radical (unpaired) electrons. The first-order valence-electron chi connectivity index (χ1n) is 9.94. The van der Waals surface area contributed by atoms with Crippen LogP contribution in [0.15, 0.2) is 11.6 Å². The Balaban J connectivity index is 3.13. The highest BCUT2D eigenvalue weighted by Crippen LogP contribution is 2.33. The van der Waals surface area contributed by atoms with Crippen LogP contribution in [0.1, 0.15) is 58.5 Å². The number of nitrogens with zero attached hydrogens (tertiary/aromatic N) is 2. The third-order valence-corrected chi connectivity index (χ3v) is 7.20. The topological polar surface area (TPSA) is 71.5 Å². The van der Waals surface area contributed by atoms with Gasteiger partial charge in [-0.2, -0.15) is 0 Å². The summed E-state index contributed by atoms with van der Waals surface area (Å²) < 4.78 is 5.34. The molecule has 11 heteroatoms. The molecule has 0 saturated heterocycles. The lowest BCUT2D eigenvalue weighted by Gasteiger charge is -2.33. The van der Waals surface area contributed by atoms with Crippen LogP contribution >= 0.6 is 57.7 Å². The van der Waals surface area contributed by atoms with Crippen molar-refractivity contribution in [2.24, 2.45) is 11.8 Å². The molecule has 2 amide bonds.